The minimum Gasteiger partial charge on any atom is -0.355 e. The fourth-order valence-electron chi connectivity index (χ4n) is 2.60. The first-order valence-electron chi connectivity index (χ1n) is 8.49. The molecule has 0 heterocycles. The maximum Gasteiger partial charge on any atom is 0.234 e. The molecule has 0 bridgehead atoms. The molecular weight excluding hydrogens is 369 g/mol. The molecule has 6 heteroatoms. The van der Waals surface area contributed by atoms with Crippen LogP contribution in [0.2, 0.25) is 0 Å². The topological polar surface area (TPSA) is 44.4 Å². The van der Waals surface area contributed by atoms with Crippen LogP contribution in [0, 0.1) is 0 Å². The van der Waals surface area contributed by atoms with E-state index in [1.54, 1.807) is 0 Å². The lowest BCUT2D eigenvalue weighted by Crippen LogP contribution is -2.37. The Balaban J connectivity index is 0.00000312. The highest BCUT2D eigenvalue weighted by molar-refractivity contribution is 5.85. The average molecular weight is 398 g/mol. The first kappa shape index (κ1) is 24.4. The first-order chi connectivity index (χ1) is 11.8. The summed E-state index contributed by atoms with van der Waals surface area (Å²) in [7, 11) is 1.92. The SMILES string of the molecule is CNCCCNC(=O)CN(Cc1ccccc1)Cc1ccccc1.Cl.Cl. The van der Waals surface area contributed by atoms with Gasteiger partial charge in [0, 0.05) is 19.6 Å². The summed E-state index contributed by atoms with van der Waals surface area (Å²) >= 11 is 0. The van der Waals surface area contributed by atoms with Crippen molar-refractivity contribution in [3.05, 3.63) is 71.8 Å². The predicted molar refractivity (Wildman–Crippen MR) is 113 cm³/mol. The van der Waals surface area contributed by atoms with E-state index in [2.05, 4.69) is 39.8 Å². The zero-order valence-corrected chi connectivity index (χ0v) is 16.8. The largest absolute Gasteiger partial charge is 0.355 e. The second-order valence-corrected chi connectivity index (χ2v) is 5.92. The minimum atomic E-state index is 0. The van der Waals surface area contributed by atoms with Gasteiger partial charge in [-0.2, -0.15) is 0 Å². The van der Waals surface area contributed by atoms with Crippen LogP contribution in [0.3, 0.4) is 0 Å². The van der Waals surface area contributed by atoms with E-state index in [9.17, 15) is 4.79 Å². The lowest BCUT2D eigenvalue weighted by atomic mass is 10.1. The molecule has 0 spiro atoms. The van der Waals surface area contributed by atoms with E-state index in [1.165, 1.54) is 11.1 Å². The van der Waals surface area contributed by atoms with Gasteiger partial charge in [0.25, 0.3) is 0 Å². The van der Waals surface area contributed by atoms with Crippen LogP contribution in [0.4, 0.5) is 0 Å². The summed E-state index contributed by atoms with van der Waals surface area (Å²) in [5.74, 6) is 0.0814. The van der Waals surface area contributed by atoms with Crippen LogP contribution in [0.15, 0.2) is 60.7 Å². The third-order valence-corrected chi connectivity index (χ3v) is 3.79. The fraction of sp³-hybridized carbons (Fsp3) is 0.350. The van der Waals surface area contributed by atoms with Gasteiger partial charge in [-0.05, 0) is 31.1 Å². The van der Waals surface area contributed by atoms with Crippen molar-refractivity contribution in [1.82, 2.24) is 15.5 Å². The molecule has 0 aromatic heterocycles. The first-order valence-corrected chi connectivity index (χ1v) is 8.49. The molecule has 0 aliphatic carbocycles. The standard InChI is InChI=1S/C20H27N3O.2ClH/c1-21-13-8-14-22-20(24)17-23(15-18-9-4-2-5-10-18)16-19-11-6-3-7-12-19;;/h2-7,9-12,21H,8,13-17H2,1H3,(H,22,24);2*1H. The fourth-order valence-corrected chi connectivity index (χ4v) is 2.60. The van der Waals surface area contributed by atoms with Gasteiger partial charge in [0.2, 0.25) is 5.91 Å². The van der Waals surface area contributed by atoms with Gasteiger partial charge in [0.15, 0.2) is 0 Å². The van der Waals surface area contributed by atoms with Gasteiger partial charge in [0.1, 0.15) is 0 Å². The number of benzene rings is 2. The second-order valence-electron chi connectivity index (χ2n) is 5.92. The number of nitrogens with zero attached hydrogens (tertiary/aromatic N) is 1. The number of nitrogens with one attached hydrogen (secondary N) is 2. The smallest absolute Gasteiger partial charge is 0.234 e. The molecule has 0 atom stereocenters. The van der Waals surface area contributed by atoms with Crippen LogP contribution in [0.25, 0.3) is 0 Å². The summed E-state index contributed by atoms with van der Waals surface area (Å²) in [4.78, 5) is 14.4. The van der Waals surface area contributed by atoms with Gasteiger partial charge in [-0.3, -0.25) is 9.69 Å². The van der Waals surface area contributed by atoms with Crippen molar-refractivity contribution < 1.29 is 4.79 Å². The summed E-state index contributed by atoms with van der Waals surface area (Å²) in [6.07, 6.45) is 0.944. The lowest BCUT2D eigenvalue weighted by molar-refractivity contribution is -0.122. The molecule has 2 rings (SSSR count). The molecule has 2 N–H and O–H groups in total. The highest BCUT2D eigenvalue weighted by Crippen LogP contribution is 2.09. The Labute approximate surface area is 169 Å². The highest BCUT2D eigenvalue weighted by atomic mass is 35.5. The third kappa shape index (κ3) is 9.78. The summed E-state index contributed by atoms with van der Waals surface area (Å²) in [5.41, 5.74) is 2.44. The van der Waals surface area contributed by atoms with Gasteiger partial charge < -0.3 is 10.6 Å². The number of amides is 1. The summed E-state index contributed by atoms with van der Waals surface area (Å²) < 4.78 is 0. The molecule has 2 aromatic carbocycles. The monoisotopic (exact) mass is 397 g/mol. The molecule has 4 nitrogen and oxygen atoms in total. The van der Waals surface area contributed by atoms with Crippen molar-refractivity contribution in [3.63, 3.8) is 0 Å². The van der Waals surface area contributed by atoms with E-state index in [-0.39, 0.29) is 30.7 Å². The Bertz CT molecular complexity index is 555. The lowest BCUT2D eigenvalue weighted by Gasteiger charge is -2.22. The molecule has 0 unspecified atom stereocenters. The van der Waals surface area contributed by atoms with Crippen molar-refractivity contribution in [2.75, 3.05) is 26.7 Å². The van der Waals surface area contributed by atoms with E-state index in [1.807, 2.05) is 43.4 Å². The molecule has 0 saturated heterocycles. The molecule has 0 saturated carbocycles. The molecule has 0 radical (unpaired) electrons. The second kappa shape index (κ2) is 14.6. The minimum absolute atomic E-state index is 0. The molecule has 0 aliphatic rings. The van der Waals surface area contributed by atoms with Crippen LogP contribution in [-0.2, 0) is 17.9 Å². The van der Waals surface area contributed by atoms with Gasteiger partial charge in [0.05, 0.1) is 6.54 Å². The predicted octanol–water partition coefficient (Wildman–Crippen LogP) is 3.26. The van der Waals surface area contributed by atoms with Gasteiger partial charge in [-0.25, -0.2) is 0 Å². The highest BCUT2D eigenvalue weighted by Gasteiger charge is 2.11. The summed E-state index contributed by atoms with van der Waals surface area (Å²) in [6.45, 7) is 3.56. The number of carbonyl (C=O) groups is 1. The van der Waals surface area contributed by atoms with Crippen molar-refractivity contribution in [2.45, 2.75) is 19.5 Å². The van der Waals surface area contributed by atoms with Gasteiger partial charge in [-0.15, -0.1) is 24.8 Å². The molecular formula is C20H29Cl2N3O. The van der Waals surface area contributed by atoms with Crippen LogP contribution in [-0.4, -0.2) is 37.5 Å². The average Bonchev–Trinajstić information content (AvgIpc) is 2.60. The Morgan fingerprint density at radius 3 is 1.81 bits per heavy atom. The number of carbonyl (C=O) groups excluding carboxylic acids is 1. The maximum absolute atomic E-state index is 12.2. The van der Waals surface area contributed by atoms with E-state index >= 15 is 0 Å². The zero-order valence-electron chi connectivity index (χ0n) is 15.2. The van der Waals surface area contributed by atoms with E-state index in [0.29, 0.717) is 13.1 Å². The normalized spacial score (nSPS) is 9.92. The van der Waals surface area contributed by atoms with Crippen molar-refractivity contribution in [1.29, 1.82) is 0 Å². The van der Waals surface area contributed by atoms with Crippen LogP contribution in [0.1, 0.15) is 17.5 Å². The molecule has 0 aliphatic heterocycles. The molecule has 1 amide bonds. The van der Waals surface area contributed by atoms with Crippen molar-refractivity contribution in [2.24, 2.45) is 0 Å². The maximum atomic E-state index is 12.2. The Morgan fingerprint density at radius 1 is 0.846 bits per heavy atom. The Morgan fingerprint density at radius 2 is 1.35 bits per heavy atom. The van der Waals surface area contributed by atoms with Gasteiger partial charge in [-0.1, -0.05) is 60.7 Å². The van der Waals surface area contributed by atoms with E-state index < -0.39 is 0 Å². The molecule has 26 heavy (non-hydrogen) atoms. The quantitative estimate of drug-likeness (QED) is 0.604. The number of hydrogen-bond acceptors (Lipinski definition) is 3. The summed E-state index contributed by atoms with van der Waals surface area (Å²) in [5, 5.41) is 6.08. The van der Waals surface area contributed by atoms with Gasteiger partial charge >= 0.3 is 0 Å². The van der Waals surface area contributed by atoms with Crippen LogP contribution >= 0.6 is 24.8 Å². The number of hydrogen-bond donors (Lipinski definition) is 2. The van der Waals surface area contributed by atoms with Crippen molar-refractivity contribution in [3.8, 4) is 0 Å². The molecule has 2 aromatic rings. The molecule has 0 fully saturated rings. The number of rotatable bonds is 10. The Kier molecular flexibility index (Phi) is 13.7. The van der Waals surface area contributed by atoms with E-state index in [0.717, 1.165) is 26.1 Å². The van der Waals surface area contributed by atoms with Crippen LogP contribution < -0.4 is 10.6 Å². The molecule has 144 valence electrons. The number of halogens is 2. The Hall–Kier alpha value is -1.59. The zero-order chi connectivity index (χ0) is 17.0. The summed E-state index contributed by atoms with van der Waals surface area (Å²) in [6, 6.07) is 20.6. The third-order valence-electron chi connectivity index (χ3n) is 3.79. The van der Waals surface area contributed by atoms with E-state index in [4.69, 9.17) is 0 Å². The van der Waals surface area contributed by atoms with Crippen molar-refractivity contribution >= 4 is 30.7 Å². The van der Waals surface area contributed by atoms with Crippen LogP contribution in [0.5, 0.6) is 0 Å².